The largest absolute Gasteiger partial charge is 0.460 e. The van der Waals surface area contributed by atoms with Crippen LogP contribution in [0.15, 0.2) is 6.07 Å². The number of hydrogen-bond donors (Lipinski definition) is 0. The highest BCUT2D eigenvalue weighted by Gasteiger charge is 2.74. The summed E-state index contributed by atoms with van der Waals surface area (Å²) < 4.78 is 88.3. The number of carbonyl (C=O) groups excluding carboxylic acids is 1. The molecule has 1 rings (SSSR count). The fourth-order valence-electron chi connectivity index (χ4n) is 1.30. The summed E-state index contributed by atoms with van der Waals surface area (Å²) in [4.78, 5) is 10.9. The third-order valence-corrected chi connectivity index (χ3v) is 2.20. The maximum Gasteiger partial charge on any atom is 0.460 e. The Morgan fingerprint density at radius 1 is 1.16 bits per heavy atom. The fourth-order valence-corrected chi connectivity index (χ4v) is 1.30. The summed E-state index contributed by atoms with van der Waals surface area (Å²) in [6, 6.07) is 0.307. The van der Waals surface area contributed by atoms with Crippen molar-refractivity contribution in [2.45, 2.75) is 31.9 Å². The van der Waals surface area contributed by atoms with E-state index in [1.807, 2.05) is 0 Å². The molecule has 0 N–H and O–H groups in total. The van der Waals surface area contributed by atoms with Crippen molar-refractivity contribution in [3.8, 4) is 0 Å². The first-order valence-electron chi connectivity index (χ1n) is 4.73. The van der Waals surface area contributed by atoms with Crippen LogP contribution in [0.3, 0.4) is 0 Å². The Labute approximate surface area is 102 Å². The molecule has 1 aromatic rings. The maximum absolute atomic E-state index is 13.4. The number of nitrogens with zero attached hydrogens (tertiary/aromatic N) is 2. The molecule has 0 bridgehead atoms. The van der Waals surface area contributed by atoms with Gasteiger partial charge >= 0.3 is 18.0 Å². The van der Waals surface area contributed by atoms with Gasteiger partial charge in [-0.2, -0.15) is 40.5 Å². The molecule has 0 saturated heterocycles. The Kier molecular flexibility index (Phi) is 3.42. The summed E-state index contributed by atoms with van der Waals surface area (Å²) in [5, 5.41) is 3.16. The zero-order valence-electron chi connectivity index (χ0n) is 9.53. The lowest BCUT2D eigenvalue weighted by atomic mass is 10.1. The standard InChI is InChI=1S/C9H7F7N2O/c1-4-3-6(18(17-4)5(2)19)7(10,11)8(12,13)9(14,15)16/h3H,1-2H3. The molecule has 10 heteroatoms. The average Bonchev–Trinajstić information content (AvgIpc) is 2.58. The summed E-state index contributed by atoms with van der Waals surface area (Å²) in [5.41, 5.74) is -2.09. The molecule has 108 valence electrons. The molecule has 0 amide bonds. The van der Waals surface area contributed by atoms with Crippen molar-refractivity contribution in [1.29, 1.82) is 0 Å². The first kappa shape index (κ1) is 15.4. The molecule has 0 saturated carbocycles. The van der Waals surface area contributed by atoms with Gasteiger partial charge < -0.3 is 0 Å². The third kappa shape index (κ3) is 2.30. The quantitative estimate of drug-likeness (QED) is 0.785. The second-order valence-electron chi connectivity index (χ2n) is 3.75. The summed E-state index contributed by atoms with van der Waals surface area (Å²) in [5.74, 6) is -13.1. The summed E-state index contributed by atoms with van der Waals surface area (Å²) in [6.07, 6.45) is -6.46. The van der Waals surface area contributed by atoms with Gasteiger partial charge in [0.05, 0.1) is 5.69 Å². The van der Waals surface area contributed by atoms with Gasteiger partial charge in [0.15, 0.2) is 0 Å². The van der Waals surface area contributed by atoms with Gasteiger partial charge in [-0.15, -0.1) is 0 Å². The molecule has 0 aromatic carbocycles. The van der Waals surface area contributed by atoms with Gasteiger partial charge in [0, 0.05) is 6.92 Å². The minimum Gasteiger partial charge on any atom is -0.273 e. The second-order valence-corrected chi connectivity index (χ2v) is 3.75. The van der Waals surface area contributed by atoms with Crippen LogP contribution < -0.4 is 0 Å². The van der Waals surface area contributed by atoms with Crippen molar-refractivity contribution in [2.75, 3.05) is 0 Å². The smallest absolute Gasteiger partial charge is 0.273 e. The third-order valence-electron chi connectivity index (χ3n) is 2.20. The van der Waals surface area contributed by atoms with E-state index in [-0.39, 0.29) is 10.4 Å². The maximum atomic E-state index is 13.4. The van der Waals surface area contributed by atoms with Gasteiger partial charge in [0.2, 0.25) is 5.91 Å². The lowest BCUT2D eigenvalue weighted by molar-refractivity contribution is -0.360. The van der Waals surface area contributed by atoms with Crippen LogP contribution in [0.5, 0.6) is 0 Å². The number of carbonyl (C=O) groups is 1. The highest BCUT2D eigenvalue weighted by molar-refractivity contribution is 5.76. The van der Waals surface area contributed by atoms with Crippen molar-refractivity contribution < 1.29 is 35.5 Å². The van der Waals surface area contributed by atoms with Crippen molar-refractivity contribution >= 4 is 5.91 Å². The molecule has 0 radical (unpaired) electrons. The zero-order chi connectivity index (χ0) is 15.2. The highest BCUT2D eigenvalue weighted by Crippen LogP contribution is 2.51. The molecular formula is C9H7F7N2O. The van der Waals surface area contributed by atoms with E-state index >= 15 is 0 Å². The number of hydrogen-bond acceptors (Lipinski definition) is 2. The van der Waals surface area contributed by atoms with Crippen molar-refractivity contribution in [3.63, 3.8) is 0 Å². The first-order chi connectivity index (χ1) is 8.32. The summed E-state index contributed by atoms with van der Waals surface area (Å²) >= 11 is 0. The van der Waals surface area contributed by atoms with E-state index in [0.29, 0.717) is 13.0 Å². The van der Waals surface area contributed by atoms with E-state index < -0.39 is 29.6 Å². The van der Waals surface area contributed by atoms with Gasteiger partial charge in [-0.3, -0.25) is 4.79 Å². The molecule has 19 heavy (non-hydrogen) atoms. The molecule has 1 aromatic heterocycles. The Morgan fingerprint density at radius 3 is 2.00 bits per heavy atom. The van der Waals surface area contributed by atoms with Gasteiger partial charge in [-0.1, -0.05) is 0 Å². The van der Waals surface area contributed by atoms with Crippen molar-refractivity contribution in [2.24, 2.45) is 0 Å². The molecule has 0 aliphatic rings. The van der Waals surface area contributed by atoms with E-state index in [2.05, 4.69) is 5.10 Å². The van der Waals surface area contributed by atoms with E-state index in [1.165, 1.54) is 0 Å². The molecule has 0 fully saturated rings. The van der Waals surface area contributed by atoms with Crippen LogP contribution in [0, 0.1) is 6.92 Å². The summed E-state index contributed by atoms with van der Waals surface area (Å²) in [6.45, 7) is 1.78. The monoisotopic (exact) mass is 292 g/mol. The molecule has 1 heterocycles. The summed E-state index contributed by atoms with van der Waals surface area (Å²) in [7, 11) is 0. The van der Waals surface area contributed by atoms with E-state index in [9.17, 15) is 35.5 Å². The molecule has 3 nitrogen and oxygen atoms in total. The average molecular weight is 292 g/mol. The molecule has 0 atom stereocenters. The Bertz CT molecular complexity index is 503. The molecule has 0 unspecified atom stereocenters. The number of aromatic nitrogens is 2. The Morgan fingerprint density at radius 2 is 1.63 bits per heavy atom. The molecular weight excluding hydrogens is 285 g/mol. The van der Waals surface area contributed by atoms with Crippen LogP contribution in [0.4, 0.5) is 30.7 Å². The Balaban J connectivity index is 3.47. The highest BCUT2D eigenvalue weighted by atomic mass is 19.4. The lowest BCUT2D eigenvalue weighted by Gasteiger charge is -2.28. The zero-order valence-corrected chi connectivity index (χ0v) is 9.53. The van der Waals surface area contributed by atoms with Crippen LogP contribution >= 0.6 is 0 Å². The van der Waals surface area contributed by atoms with Crippen LogP contribution in [0.1, 0.15) is 23.1 Å². The topological polar surface area (TPSA) is 34.9 Å². The van der Waals surface area contributed by atoms with Crippen molar-refractivity contribution in [3.05, 3.63) is 17.5 Å². The van der Waals surface area contributed by atoms with E-state index in [1.54, 1.807) is 0 Å². The van der Waals surface area contributed by atoms with Gasteiger partial charge in [0.1, 0.15) is 5.69 Å². The van der Waals surface area contributed by atoms with Crippen LogP contribution in [-0.2, 0) is 5.92 Å². The normalized spacial score (nSPS) is 13.7. The fraction of sp³-hybridized carbons (Fsp3) is 0.556. The van der Waals surface area contributed by atoms with Crippen LogP contribution in [-0.4, -0.2) is 27.8 Å². The van der Waals surface area contributed by atoms with E-state index in [4.69, 9.17) is 0 Å². The number of alkyl halides is 7. The minimum atomic E-state index is -6.46. The second kappa shape index (κ2) is 4.20. The predicted molar refractivity (Wildman–Crippen MR) is 48.2 cm³/mol. The Hall–Kier alpha value is -1.61. The SMILES string of the molecule is CC(=O)n1nc(C)cc1C(F)(F)C(F)(F)C(F)(F)F. The van der Waals surface area contributed by atoms with Gasteiger partial charge in [-0.25, -0.2) is 0 Å². The minimum absolute atomic E-state index is 0.172. The van der Waals surface area contributed by atoms with E-state index in [0.717, 1.165) is 6.92 Å². The van der Waals surface area contributed by atoms with Gasteiger partial charge in [-0.05, 0) is 13.0 Å². The number of aryl methyl sites for hydroxylation is 1. The molecule has 0 aliphatic carbocycles. The van der Waals surface area contributed by atoms with Crippen molar-refractivity contribution in [1.82, 2.24) is 9.78 Å². The molecule has 0 aliphatic heterocycles. The lowest BCUT2D eigenvalue weighted by Crippen LogP contribution is -2.51. The van der Waals surface area contributed by atoms with Crippen LogP contribution in [0.25, 0.3) is 0 Å². The predicted octanol–water partition coefficient (Wildman–Crippen LogP) is 3.14. The number of halogens is 7. The molecule has 0 spiro atoms. The number of rotatable bonds is 2. The first-order valence-corrected chi connectivity index (χ1v) is 4.73. The van der Waals surface area contributed by atoms with Gasteiger partial charge in [0.25, 0.3) is 0 Å². The van der Waals surface area contributed by atoms with Crippen LogP contribution in [0.2, 0.25) is 0 Å².